The van der Waals surface area contributed by atoms with Gasteiger partial charge in [0.2, 0.25) is 0 Å². The molecule has 0 bridgehead atoms. The van der Waals surface area contributed by atoms with Gasteiger partial charge in [-0.2, -0.15) is 5.26 Å². The largest absolute Gasteiger partial charge is 0.348 e. The van der Waals surface area contributed by atoms with Crippen molar-refractivity contribution in [2.24, 2.45) is 0 Å². The molecule has 0 saturated carbocycles. The summed E-state index contributed by atoms with van der Waals surface area (Å²) in [7, 11) is 0. The molecular formula is C15H11FN2OS. The predicted molar refractivity (Wildman–Crippen MR) is 76.0 cm³/mol. The van der Waals surface area contributed by atoms with E-state index >= 15 is 0 Å². The summed E-state index contributed by atoms with van der Waals surface area (Å²) in [4.78, 5) is 12.0. The molecule has 0 aliphatic carbocycles. The number of hydrogen-bond donors (Lipinski definition) is 2. The fraction of sp³-hybridized carbons (Fsp3) is 0.0667. The molecule has 1 N–H and O–H groups in total. The number of benzene rings is 2. The molecule has 2 aromatic carbocycles. The Hall–Kier alpha value is -2.32. The maximum Gasteiger partial charge on any atom is 0.251 e. The van der Waals surface area contributed by atoms with Crippen molar-refractivity contribution in [1.29, 1.82) is 5.26 Å². The van der Waals surface area contributed by atoms with Gasteiger partial charge in [-0.15, -0.1) is 12.6 Å². The average Bonchev–Trinajstić information content (AvgIpc) is 2.47. The molecule has 0 unspecified atom stereocenters. The first-order valence-electron chi connectivity index (χ1n) is 5.86. The Morgan fingerprint density at radius 1 is 1.30 bits per heavy atom. The van der Waals surface area contributed by atoms with Gasteiger partial charge in [0.15, 0.2) is 0 Å². The number of nitrogens with zero attached hydrogens (tertiary/aromatic N) is 1. The molecule has 3 nitrogen and oxygen atoms in total. The Balaban J connectivity index is 2.05. The van der Waals surface area contributed by atoms with Gasteiger partial charge in [0, 0.05) is 17.0 Å². The molecule has 0 aliphatic rings. The van der Waals surface area contributed by atoms with Gasteiger partial charge in [-0.1, -0.05) is 12.1 Å². The lowest BCUT2D eigenvalue weighted by Gasteiger charge is -2.06. The lowest BCUT2D eigenvalue weighted by molar-refractivity contribution is 0.0950. The first kappa shape index (κ1) is 14.1. The molecule has 0 aromatic heterocycles. The Morgan fingerprint density at radius 2 is 2.10 bits per heavy atom. The van der Waals surface area contributed by atoms with Crippen LogP contribution in [0.25, 0.3) is 0 Å². The van der Waals surface area contributed by atoms with Crippen LogP contribution >= 0.6 is 12.6 Å². The zero-order chi connectivity index (χ0) is 14.5. The van der Waals surface area contributed by atoms with Gasteiger partial charge < -0.3 is 5.32 Å². The highest BCUT2D eigenvalue weighted by molar-refractivity contribution is 7.80. The third-order valence-corrected chi connectivity index (χ3v) is 3.06. The fourth-order valence-corrected chi connectivity index (χ4v) is 1.90. The van der Waals surface area contributed by atoms with Crippen LogP contribution in [0.15, 0.2) is 47.4 Å². The molecule has 0 saturated heterocycles. The van der Waals surface area contributed by atoms with Gasteiger partial charge in [0.05, 0.1) is 11.6 Å². The number of nitrogens with one attached hydrogen (secondary N) is 1. The molecule has 20 heavy (non-hydrogen) atoms. The summed E-state index contributed by atoms with van der Waals surface area (Å²) in [5, 5.41) is 11.5. The van der Waals surface area contributed by atoms with E-state index in [2.05, 4.69) is 17.9 Å². The van der Waals surface area contributed by atoms with Crippen molar-refractivity contribution in [3.8, 4) is 6.07 Å². The van der Waals surface area contributed by atoms with Crippen molar-refractivity contribution in [3.05, 3.63) is 65.0 Å². The minimum atomic E-state index is -0.466. The second-order valence-corrected chi connectivity index (χ2v) is 4.64. The fourth-order valence-electron chi connectivity index (χ4n) is 1.69. The van der Waals surface area contributed by atoms with E-state index in [1.165, 1.54) is 18.2 Å². The molecule has 100 valence electrons. The van der Waals surface area contributed by atoms with Crippen molar-refractivity contribution in [2.75, 3.05) is 0 Å². The summed E-state index contributed by atoms with van der Waals surface area (Å²) in [5.41, 5.74) is 1.70. The average molecular weight is 286 g/mol. The van der Waals surface area contributed by atoms with Crippen LogP contribution in [0.3, 0.4) is 0 Å². The van der Waals surface area contributed by atoms with Crippen LogP contribution in [-0.2, 0) is 6.54 Å². The van der Waals surface area contributed by atoms with Crippen LogP contribution in [-0.4, -0.2) is 5.91 Å². The van der Waals surface area contributed by atoms with E-state index in [0.717, 1.165) is 5.56 Å². The van der Waals surface area contributed by atoms with E-state index < -0.39 is 5.82 Å². The number of halogens is 1. The highest BCUT2D eigenvalue weighted by Crippen LogP contribution is 2.14. The first-order chi connectivity index (χ1) is 9.60. The Bertz CT molecular complexity index is 695. The Kier molecular flexibility index (Phi) is 4.38. The topological polar surface area (TPSA) is 52.9 Å². The van der Waals surface area contributed by atoms with Crippen molar-refractivity contribution in [3.63, 3.8) is 0 Å². The van der Waals surface area contributed by atoms with Crippen LogP contribution in [0.2, 0.25) is 0 Å². The molecule has 0 fully saturated rings. The van der Waals surface area contributed by atoms with E-state index in [1.807, 2.05) is 12.1 Å². The number of nitriles is 1. The van der Waals surface area contributed by atoms with E-state index in [0.29, 0.717) is 17.7 Å². The Morgan fingerprint density at radius 3 is 2.80 bits per heavy atom. The van der Waals surface area contributed by atoms with Gasteiger partial charge in [0.1, 0.15) is 5.82 Å². The minimum Gasteiger partial charge on any atom is -0.348 e. The summed E-state index contributed by atoms with van der Waals surface area (Å²) >= 11 is 3.94. The van der Waals surface area contributed by atoms with E-state index in [1.54, 1.807) is 18.2 Å². The van der Waals surface area contributed by atoms with Gasteiger partial charge >= 0.3 is 0 Å². The highest BCUT2D eigenvalue weighted by Gasteiger charge is 2.08. The van der Waals surface area contributed by atoms with Crippen LogP contribution in [0, 0.1) is 17.1 Å². The van der Waals surface area contributed by atoms with Crippen LogP contribution in [0.4, 0.5) is 4.39 Å². The smallest absolute Gasteiger partial charge is 0.251 e. The predicted octanol–water partition coefficient (Wildman–Crippen LogP) is 2.92. The number of rotatable bonds is 3. The Labute approximate surface area is 121 Å². The number of hydrogen-bond acceptors (Lipinski definition) is 3. The van der Waals surface area contributed by atoms with Gasteiger partial charge in [0.25, 0.3) is 5.91 Å². The van der Waals surface area contributed by atoms with E-state index in [9.17, 15) is 9.18 Å². The van der Waals surface area contributed by atoms with Gasteiger partial charge in [-0.3, -0.25) is 4.79 Å². The molecule has 5 heteroatoms. The van der Waals surface area contributed by atoms with E-state index in [-0.39, 0.29) is 10.8 Å². The number of thiol groups is 1. The third kappa shape index (κ3) is 3.37. The maximum absolute atomic E-state index is 13.1. The van der Waals surface area contributed by atoms with Crippen molar-refractivity contribution >= 4 is 18.5 Å². The molecule has 0 heterocycles. The zero-order valence-corrected chi connectivity index (χ0v) is 11.3. The first-order valence-corrected chi connectivity index (χ1v) is 6.30. The summed E-state index contributed by atoms with van der Waals surface area (Å²) < 4.78 is 13.1. The standard InChI is InChI=1S/C15H11FN2OS/c16-13-5-4-12(7-14(13)20)15(19)18-9-11-3-1-2-10(6-11)8-17/h1-7,20H,9H2,(H,18,19). The second-order valence-electron chi connectivity index (χ2n) is 4.16. The summed E-state index contributed by atoms with van der Waals surface area (Å²) in [5.74, 6) is -0.783. The second kappa shape index (κ2) is 6.22. The van der Waals surface area contributed by atoms with Gasteiger partial charge in [-0.05, 0) is 35.9 Å². The number of carbonyl (C=O) groups excluding carboxylic acids is 1. The zero-order valence-electron chi connectivity index (χ0n) is 10.4. The number of carbonyl (C=O) groups is 1. The molecular weight excluding hydrogens is 275 g/mol. The minimum absolute atomic E-state index is 0.129. The third-order valence-electron chi connectivity index (χ3n) is 2.72. The SMILES string of the molecule is N#Cc1cccc(CNC(=O)c2ccc(F)c(S)c2)c1. The quantitative estimate of drug-likeness (QED) is 0.852. The van der Waals surface area contributed by atoms with Gasteiger partial charge in [-0.25, -0.2) is 4.39 Å². The molecule has 0 radical (unpaired) electrons. The normalized spacial score (nSPS) is 9.85. The lowest BCUT2D eigenvalue weighted by atomic mass is 10.1. The van der Waals surface area contributed by atoms with Crippen LogP contribution < -0.4 is 5.32 Å². The highest BCUT2D eigenvalue weighted by atomic mass is 32.1. The summed E-state index contributed by atoms with van der Waals surface area (Å²) in [6, 6.07) is 13.0. The lowest BCUT2D eigenvalue weighted by Crippen LogP contribution is -2.22. The molecule has 1 amide bonds. The summed E-state index contributed by atoms with van der Waals surface area (Å²) in [6.45, 7) is 0.299. The maximum atomic E-state index is 13.1. The number of amides is 1. The van der Waals surface area contributed by atoms with Crippen molar-refractivity contribution in [1.82, 2.24) is 5.32 Å². The van der Waals surface area contributed by atoms with Crippen molar-refractivity contribution < 1.29 is 9.18 Å². The molecule has 2 aromatic rings. The van der Waals surface area contributed by atoms with Crippen LogP contribution in [0.1, 0.15) is 21.5 Å². The molecule has 0 atom stereocenters. The molecule has 0 spiro atoms. The van der Waals surface area contributed by atoms with E-state index in [4.69, 9.17) is 5.26 Å². The monoisotopic (exact) mass is 286 g/mol. The summed E-state index contributed by atoms with van der Waals surface area (Å²) in [6.07, 6.45) is 0. The van der Waals surface area contributed by atoms with Crippen LogP contribution in [0.5, 0.6) is 0 Å². The van der Waals surface area contributed by atoms with Crippen molar-refractivity contribution in [2.45, 2.75) is 11.4 Å². The molecule has 0 aliphatic heterocycles. The molecule has 2 rings (SSSR count).